The number of hydrogen-bond donors (Lipinski definition) is 1. The van der Waals surface area contributed by atoms with Crippen molar-refractivity contribution >= 4 is 28.4 Å². The summed E-state index contributed by atoms with van der Waals surface area (Å²) in [6, 6.07) is 11.4. The number of nitrogens with zero attached hydrogens (tertiary/aromatic N) is 4. The summed E-state index contributed by atoms with van der Waals surface area (Å²) in [4.78, 5) is 44.7. The van der Waals surface area contributed by atoms with E-state index in [9.17, 15) is 14.4 Å². The van der Waals surface area contributed by atoms with Crippen LogP contribution >= 0.6 is 11.3 Å². The number of imidazole rings is 1. The molecule has 172 valence electrons. The number of aryl methyl sites for hydroxylation is 1. The van der Waals surface area contributed by atoms with Gasteiger partial charge in [0.2, 0.25) is 5.91 Å². The molecule has 3 aromatic heterocycles. The Morgan fingerprint density at radius 2 is 1.94 bits per heavy atom. The predicted molar refractivity (Wildman–Crippen MR) is 127 cm³/mol. The Hall–Kier alpha value is -3.50. The smallest absolute Gasteiger partial charge is 0.333 e. The Labute approximate surface area is 193 Å². The molecule has 0 aliphatic rings. The zero-order valence-corrected chi connectivity index (χ0v) is 19.3. The first-order chi connectivity index (χ1) is 16.0. The molecule has 3 heterocycles. The van der Waals surface area contributed by atoms with Crippen LogP contribution in [0.25, 0.3) is 11.2 Å². The van der Waals surface area contributed by atoms with Crippen molar-refractivity contribution < 1.29 is 9.53 Å². The molecule has 4 aromatic rings. The fourth-order valence-electron chi connectivity index (χ4n) is 3.61. The minimum absolute atomic E-state index is 0.230. The van der Waals surface area contributed by atoms with Crippen molar-refractivity contribution in [2.45, 2.75) is 33.1 Å². The first-order valence-corrected chi connectivity index (χ1v) is 11.4. The molecular weight excluding hydrogens is 442 g/mol. The number of hydrogen-bond acceptors (Lipinski definition) is 6. The lowest BCUT2D eigenvalue weighted by Crippen LogP contribution is -2.44. The third-order valence-electron chi connectivity index (χ3n) is 5.42. The lowest BCUT2D eigenvalue weighted by molar-refractivity contribution is -0.121. The molecule has 9 nitrogen and oxygen atoms in total. The molecule has 0 spiro atoms. The van der Waals surface area contributed by atoms with Gasteiger partial charge in [-0.05, 0) is 29.5 Å². The molecule has 0 radical (unpaired) electrons. The Balaban J connectivity index is 1.72. The van der Waals surface area contributed by atoms with Crippen LogP contribution in [0.4, 0.5) is 0 Å². The number of methoxy groups -OCH3 is 1. The van der Waals surface area contributed by atoms with E-state index in [1.165, 1.54) is 10.9 Å². The largest absolute Gasteiger partial charge is 0.383 e. The van der Waals surface area contributed by atoms with Crippen LogP contribution in [0.5, 0.6) is 0 Å². The molecule has 0 saturated heterocycles. The van der Waals surface area contributed by atoms with Crippen molar-refractivity contribution in [2.75, 3.05) is 13.7 Å². The Bertz CT molecular complexity index is 1380. The Kier molecular flexibility index (Phi) is 6.85. The lowest BCUT2D eigenvalue weighted by atomic mass is 10.2. The van der Waals surface area contributed by atoms with Crippen LogP contribution in [0.1, 0.15) is 16.0 Å². The molecule has 33 heavy (non-hydrogen) atoms. The fourth-order valence-corrected chi connectivity index (χ4v) is 4.46. The number of carbonyl (C=O) groups is 1. The van der Waals surface area contributed by atoms with E-state index in [1.807, 2.05) is 48.7 Å². The molecule has 4 rings (SSSR count). The number of aromatic nitrogens is 4. The highest BCUT2D eigenvalue weighted by Crippen LogP contribution is 2.15. The van der Waals surface area contributed by atoms with E-state index in [2.05, 4.69) is 10.3 Å². The summed E-state index contributed by atoms with van der Waals surface area (Å²) in [7, 11) is 1.57. The highest BCUT2D eigenvalue weighted by atomic mass is 32.1. The normalized spacial score (nSPS) is 11.2. The second-order valence-electron chi connectivity index (χ2n) is 7.65. The molecule has 0 saturated carbocycles. The number of nitrogens with one attached hydrogen (secondary N) is 1. The maximum atomic E-state index is 13.3. The highest BCUT2D eigenvalue weighted by Gasteiger charge is 2.20. The molecular formula is C23H25N5O4S. The SMILES string of the molecule is COCCn1cnc2c1c(=O)n(CC(=O)NCc1sccc1C)c(=O)n2Cc1ccccc1. The summed E-state index contributed by atoms with van der Waals surface area (Å²) in [6.45, 7) is 2.96. The van der Waals surface area contributed by atoms with Crippen LogP contribution < -0.4 is 16.6 Å². The number of benzene rings is 1. The second-order valence-corrected chi connectivity index (χ2v) is 8.65. The molecule has 1 N–H and O–H groups in total. The van der Waals surface area contributed by atoms with Crippen LogP contribution in [0.2, 0.25) is 0 Å². The maximum Gasteiger partial charge on any atom is 0.333 e. The second kappa shape index (κ2) is 9.97. The van der Waals surface area contributed by atoms with Gasteiger partial charge in [-0.1, -0.05) is 30.3 Å². The Morgan fingerprint density at radius 3 is 2.64 bits per heavy atom. The van der Waals surface area contributed by atoms with Gasteiger partial charge >= 0.3 is 5.69 Å². The number of rotatable bonds is 9. The van der Waals surface area contributed by atoms with E-state index >= 15 is 0 Å². The van der Waals surface area contributed by atoms with Gasteiger partial charge in [0.15, 0.2) is 11.2 Å². The van der Waals surface area contributed by atoms with E-state index in [-0.39, 0.29) is 24.3 Å². The van der Waals surface area contributed by atoms with Gasteiger partial charge in [0, 0.05) is 18.5 Å². The molecule has 0 aliphatic heterocycles. The van der Waals surface area contributed by atoms with Gasteiger partial charge in [0.25, 0.3) is 5.56 Å². The average molecular weight is 468 g/mol. The quantitative estimate of drug-likeness (QED) is 0.404. The number of fused-ring (bicyclic) bond motifs is 1. The fraction of sp³-hybridized carbons (Fsp3) is 0.304. The van der Waals surface area contributed by atoms with Crippen LogP contribution in [-0.2, 0) is 35.7 Å². The van der Waals surface area contributed by atoms with Crippen molar-refractivity contribution in [1.82, 2.24) is 24.0 Å². The monoisotopic (exact) mass is 467 g/mol. The van der Waals surface area contributed by atoms with E-state index in [0.29, 0.717) is 19.7 Å². The van der Waals surface area contributed by atoms with Crippen molar-refractivity contribution in [1.29, 1.82) is 0 Å². The van der Waals surface area contributed by atoms with Gasteiger partial charge < -0.3 is 14.6 Å². The minimum atomic E-state index is -0.573. The number of thiophene rings is 1. The first-order valence-electron chi connectivity index (χ1n) is 10.5. The molecule has 10 heteroatoms. The standard InChI is InChI=1S/C23H25N5O4S/c1-16-8-11-33-18(16)12-24-19(29)14-28-22(30)20-21(25-15-26(20)9-10-32-2)27(23(28)31)13-17-6-4-3-5-7-17/h3-8,11,15H,9-10,12-14H2,1-2H3,(H,24,29). The Morgan fingerprint density at radius 1 is 1.15 bits per heavy atom. The summed E-state index contributed by atoms with van der Waals surface area (Å²) in [5.41, 5.74) is 1.41. The van der Waals surface area contributed by atoms with E-state index in [0.717, 1.165) is 20.6 Å². The molecule has 0 unspecified atom stereocenters. The van der Waals surface area contributed by atoms with Gasteiger partial charge in [-0.3, -0.25) is 14.2 Å². The molecule has 0 atom stereocenters. The van der Waals surface area contributed by atoms with Gasteiger partial charge in [-0.15, -0.1) is 11.3 Å². The average Bonchev–Trinajstić information content (AvgIpc) is 3.43. The molecule has 1 amide bonds. The third kappa shape index (κ3) is 4.81. The van der Waals surface area contributed by atoms with E-state index in [1.54, 1.807) is 23.0 Å². The molecule has 1 aromatic carbocycles. The van der Waals surface area contributed by atoms with Gasteiger partial charge in [0.1, 0.15) is 6.54 Å². The van der Waals surface area contributed by atoms with E-state index < -0.39 is 17.2 Å². The number of amides is 1. The van der Waals surface area contributed by atoms with Crippen molar-refractivity contribution in [3.63, 3.8) is 0 Å². The van der Waals surface area contributed by atoms with Gasteiger partial charge in [-0.2, -0.15) is 0 Å². The zero-order chi connectivity index (χ0) is 23.4. The van der Waals surface area contributed by atoms with Crippen molar-refractivity contribution in [2.24, 2.45) is 0 Å². The van der Waals surface area contributed by atoms with Crippen LogP contribution in [0.3, 0.4) is 0 Å². The van der Waals surface area contributed by atoms with E-state index in [4.69, 9.17) is 4.74 Å². The summed E-state index contributed by atoms with van der Waals surface area (Å²) >= 11 is 1.55. The number of ether oxygens (including phenoxy) is 1. The minimum Gasteiger partial charge on any atom is -0.383 e. The molecule has 0 aliphatic carbocycles. The number of carbonyl (C=O) groups excluding carboxylic acids is 1. The predicted octanol–water partition coefficient (Wildman–Crippen LogP) is 1.74. The highest BCUT2D eigenvalue weighted by molar-refractivity contribution is 7.10. The molecule has 0 bridgehead atoms. The van der Waals surface area contributed by atoms with Gasteiger partial charge in [-0.25, -0.2) is 14.3 Å². The third-order valence-corrected chi connectivity index (χ3v) is 6.44. The summed E-state index contributed by atoms with van der Waals surface area (Å²) < 4.78 is 9.21. The zero-order valence-electron chi connectivity index (χ0n) is 18.5. The van der Waals surface area contributed by atoms with Crippen molar-refractivity contribution in [3.8, 4) is 0 Å². The van der Waals surface area contributed by atoms with Crippen LogP contribution in [0.15, 0.2) is 57.7 Å². The summed E-state index contributed by atoms with van der Waals surface area (Å²) in [5.74, 6) is -0.407. The van der Waals surface area contributed by atoms with Crippen molar-refractivity contribution in [3.05, 3.63) is 84.9 Å². The summed E-state index contributed by atoms with van der Waals surface area (Å²) in [6.07, 6.45) is 1.52. The molecule has 0 fully saturated rings. The lowest BCUT2D eigenvalue weighted by Gasteiger charge is -2.13. The van der Waals surface area contributed by atoms with Crippen LogP contribution in [-0.4, -0.2) is 38.3 Å². The summed E-state index contributed by atoms with van der Waals surface area (Å²) in [5, 5.41) is 4.77. The van der Waals surface area contributed by atoms with Crippen LogP contribution in [0, 0.1) is 6.92 Å². The van der Waals surface area contributed by atoms with Gasteiger partial charge in [0.05, 0.1) is 26.0 Å². The topological polar surface area (TPSA) is 100 Å². The first kappa shape index (κ1) is 22.7. The maximum absolute atomic E-state index is 13.3.